The van der Waals surface area contributed by atoms with Crippen LogP contribution < -0.4 is 0 Å². The van der Waals surface area contributed by atoms with Gasteiger partial charge in [-0.25, -0.2) is 0 Å². The van der Waals surface area contributed by atoms with Crippen molar-refractivity contribution in [1.29, 1.82) is 0 Å². The molecule has 0 heterocycles. The van der Waals surface area contributed by atoms with Crippen LogP contribution >= 0.6 is 0 Å². The smallest absolute Gasteiger partial charge is 0.282 e. The monoisotopic (exact) mass is 444 g/mol. The molecule has 0 saturated carbocycles. The van der Waals surface area contributed by atoms with E-state index in [0.29, 0.717) is 11.6 Å². The fraction of sp³-hybridized carbons (Fsp3) is 0. The first-order chi connectivity index (χ1) is 12.8. The van der Waals surface area contributed by atoms with Crippen molar-refractivity contribution >= 4 is 41.1 Å². The van der Waals surface area contributed by atoms with Crippen LogP contribution in [0.2, 0.25) is 0 Å². The van der Waals surface area contributed by atoms with Crippen molar-refractivity contribution in [3.8, 4) is 11.1 Å². The van der Waals surface area contributed by atoms with Gasteiger partial charge < -0.3 is 0 Å². The van der Waals surface area contributed by atoms with E-state index in [1.165, 1.54) is 12.1 Å². The number of rotatable bonds is 4. The maximum atomic E-state index is 11.9. The molecule has 0 saturated heterocycles. The molecule has 28 heavy (non-hydrogen) atoms. The Morgan fingerprint density at radius 1 is 0.607 bits per heavy atom. The highest BCUT2D eigenvalue weighted by Crippen LogP contribution is 2.37. The van der Waals surface area contributed by atoms with Crippen molar-refractivity contribution < 1.29 is 38.9 Å². The van der Waals surface area contributed by atoms with E-state index in [1.54, 1.807) is 18.2 Å². The molecule has 3 aromatic carbocycles. The van der Waals surface area contributed by atoms with Crippen molar-refractivity contribution in [2.45, 2.75) is 14.7 Å². The van der Waals surface area contributed by atoms with E-state index >= 15 is 0 Å². The maximum Gasteiger partial charge on any atom is 0.295 e. The van der Waals surface area contributed by atoms with Gasteiger partial charge in [0.25, 0.3) is 30.4 Å². The van der Waals surface area contributed by atoms with Crippen LogP contribution in [-0.2, 0) is 30.4 Å². The lowest BCUT2D eigenvalue weighted by molar-refractivity contribution is 0.480. The third-order valence-electron chi connectivity index (χ3n) is 3.92. The van der Waals surface area contributed by atoms with E-state index in [2.05, 4.69) is 0 Å². The average molecular weight is 444 g/mol. The van der Waals surface area contributed by atoms with Gasteiger partial charge in [-0.3, -0.25) is 13.7 Å². The van der Waals surface area contributed by atoms with E-state index in [1.807, 2.05) is 0 Å². The highest BCUT2D eigenvalue weighted by molar-refractivity contribution is 7.87. The highest BCUT2D eigenvalue weighted by atomic mass is 32.2. The molecule has 0 atom stereocenters. The summed E-state index contributed by atoms with van der Waals surface area (Å²) in [6, 6.07) is 11.1. The second kappa shape index (κ2) is 6.62. The average Bonchev–Trinajstić information content (AvgIpc) is 2.58. The van der Waals surface area contributed by atoms with Crippen LogP contribution in [0.3, 0.4) is 0 Å². The van der Waals surface area contributed by atoms with Gasteiger partial charge in [0, 0.05) is 5.39 Å². The Balaban J connectivity index is 2.64. The number of fused-ring (bicyclic) bond motifs is 1. The van der Waals surface area contributed by atoms with E-state index in [-0.39, 0.29) is 16.3 Å². The van der Waals surface area contributed by atoms with Crippen molar-refractivity contribution in [2.75, 3.05) is 0 Å². The van der Waals surface area contributed by atoms with Crippen molar-refractivity contribution in [2.24, 2.45) is 0 Å². The molecule has 0 amide bonds. The van der Waals surface area contributed by atoms with Crippen LogP contribution in [0.25, 0.3) is 21.9 Å². The lowest BCUT2D eigenvalue weighted by Gasteiger charge is -2.14. The van der Waals surface area contributed by atoms with Crippen LogP contribution in [0.4, 0.5) is 0 Å². The summed E-state index contributed by atoms with van der Waals surface area (Å²) in [6.07, 6.45) is 0. The van der Waals surface area contributed by atoms with Gasteiger partial charge in [0.05, 0.1) is 9.79 Å². The van der Waals surface area contributed by atoms with Crippen LogP contribution in [0.1, 0.15) is 0 Å². The van der Waals surface area contributed by atoms with Gasteiger partial charge in [0.15, 0.2) is 0 Å². The van der Waals surface area contributed by atoms with Gasteiger partial charge in [0.1, 0.15) is 4.90 Å². The van der Waals surface area contributed by atoms with Gasteiger partial charge in [-0.2, -0.15) is 25.3 Å². The molecule has 3 rings (SSSR count). The molecule has 0 unspecified atom stereocenters. The topological polar surface area (TPSA) is 163 Å². The normalized spacial score (nSPS) is 13.0. The van der Waals surface area contributed by atoms with Crippen LogP contribution in [0.15, 0.2) is 69.3 Å². The quantitative estimate of drug-likeness (QED) is 0.512. The van der Waals surface area contributed by atoms with E-state index in [9.17, 15) is 38.9 Å². The predicted octanol–water partition coefficient (Wildman–Crippen LogP) is 2.25. The Labute approximate surface area is 160 Å². The molecule has 148 valence electrons. The Morgan fingerprint density at radius 2 is 1.11 bits per heavy atom. The van der Waals surface area contributed by atoms with Crippen LogP contribution in [-0.4, -0.2) is 38.9 Å². The van der Waals surface area contributed by atoms with Gasteiger partial charge in [-0.05, 0) is 40.8 Å². The summed E-state index contributed by atoms with van der Waals surface area (Å²) in [5.74, 6) is 0. The SMILES string of the molecule is O=S(=O)(O)c1cc(-c2ccccc2)c2c(S(=O)(=O)O)cc(S(=O)(=O)O)cc2c1. The summed E-state index contributed by atoms with van der Waals surface area (Å²) in [5, 5.41) is -0.440. The van der Waals surface area contributed by atoms with Gasteiger partial charge >= 0.3 is 0 Å². The van der Waals surface area contributed by atoms with Gasteiger partial charge in [-0.15, -0.1) is 0 Å². The summed E-state index contributed by atoms with van der Waals surface area (Å²) in [7, 11) is -14.6. The molecule has 0 aliphatic heterocycles. The van der Waals surface area contributed by atoms with Crippen LogP contribution in [0, 0.1) is 0 Å². The summed E-state index contributed by atoms with van der Waals surface area (Å²) >= 11 is 0. The first-order valence-corrected chi connectivity index (χ1v) is 11.7. The van der Waals surface area contributed by atoms with E-state index in [4.69, 9.17) is 0 Å². The van der Waals surface area contributed by atoms with Crippen LogP contribution in [0.5, 0.6) is 0 Å². The molecule has 9 nitrogen and oxygen atoms in total. The second-order valence-electron chi connectivity index (χ2n) is 5.78. The molecule has 3 N–H and O–H groups in total. The van der Waals surface area contributed by atoms with Crippen molar-refractivity contribution in [3.05, 3.63) is 54.6 Å². The highest BCUT2D eigenvalue weighted by Gasteiger charge is 2.25. The molecule has 0 aliphatic rings. The number of hydrogen-bond acceptors (Lipinski definition) is 6. The largest absolute Gasteiger partial charge is 0.295 e. The Bertz CT molecular complexity index is 1400. The molecule has 0 aliphatic carbocycles. The first-order valence-electron chi connectivity index (χ1n) is 7.38. The summed E-state index contributed by atoms with van der Waals surface area (Å²) in [5.41, 5.74) is 0.336. The molecule has 12 heteroatoms. The lowest BCUT2D eigenvalue weighted by atomic mass is 9.98. The van der Waals surface area contributed by atoms with E-state index < -0.39 is 45.0 Å². The predicted molar refractivity (Wildman–Crippen MR) is 98.8 cm³/mol. The van der Waals surface area contributed by atoms with E-state index in [0.717, 1.165) is 18.2 Å². The molecule has 3 aromatic rings. The number of hydrogen-bond donors (Lipinski definition) is 3. The van der Waals surface area contributed by atoms with Crippen molar-refractivity contribution in [1.82, 2.24) is 0 Å². The Kier molecular flexibility index (Phi) is 4.82. The lowest BCUT2D eigenvalue weighted by Crippen LogP contribution is -2.06. The summed E-state index contributed by atoms with van der Waals surface area (Å²) in [6.45, 7) is 0. The zero-order valence-corrected chi connectivity index (χ0v) is 16.2. The van der Waals surface area contributed by atoms with Crippen molar-refractivity contribution in [3.63, 3.8) is 0 Å². The second-order valence-corrected chi connectivity index (χ2v) is 10.0. The summed E-state index contributed by atoms with van der Waals surface area (Å²) < 4.78 is 98.4. The third-order valence-corrected chi connectivity index (χ3v) is 6.46. The number of benzene rings is 3. The standard InChI is InChI=1S/C16H12O9S3/c17-26(18,19)12-6-11-7-13(27(20,21)22)9-15(28(23,24)25)16(11)14(8-12)10-4-2-1-3-5-10/h1-9H,(H,17,18,19)(H,20,21,22)(H,23,24,25). The zero-order chi connectivity index (χ0) is 20.9. The third kappa shape index (κ3) is 3.92. The maximum absolute atomic E-state index is 11.9. The summed E-state index contributed by atoms with van der Waals surface area (Å²) in [4.78, 5) is -2.36. The van der Waals surface area contributed by atoms with Gasteiger partial charge in [-0.1, -0.05) is 30.3 Å². The first kappa shape index (κ1) is 20.4. The zero-order valence-electron chi connectivity index (χ0n) is 13.7. The molecular formula is C16H12O9S3. The van der Waals surface area contributed by atoms with Gasteiger partial charge in [0.2, 0.25) is 0 Å². The Morgan fingerprint density at radius 3 is 1.57 bits per heavy atom. The fourth-order valence-electron chi connectivity index (χ4n) is 2.77. The molecule has 0 fully saturated rings. The molecular weight excluding hydrogens is 432 g/mol. The molecule has 0 bridgehead atoms. The minimum Gasteiger partial charge on any atom is -0.282 e. The molecule has 0 radical (unpaired) electrons. The minimum atomic E-state index is -4.98. The molecule has 0 spiro atoms. The Hall–Kier alpha value is -2.35. The minimum absolute atomic E-state index is 0.000220. The molecule has 0 aromatic heterocycles. The fourth-order valence-corrected chi connectivity index (χ4v) is 4.69.